The van der Waals surface area contributed by atoms with Gasteiger partial charge >= 0.3 is 0 Å². The predicted octanol–water partition coefficient (Wildman–Crippen LogP) is 4.26. The Balaban J connectivity index is 1.30. The van der Waals surface area contributed by atoms with Crippen molar-refractivity contribution in [2.24, 2.45) is 5.73 Å². The Kier molecular flexibility index (Phi) is 4.80. The number of nitrogens with zero attached hydrogens (tertiary/aromatic N) is 1. The third-order valence-electron chi connectivity index (χ3n) is 6.62. The van der Waals surface area contributed by atoms with Gasteiger partial charge in [0.25, 0.3) is 0 Å². The Morgan fingerprint density at radius 3 is 2.70 bits per heavy atom. The second-order valence-electron chi connectivity index (χ2n) is 8.33. The average Bonchev–Trinajstić information content (AvgIpc) is 3.15. The molecule has 2 aliphatic rings. The molecule has 0 unspecified atom stereocenters. The lowest BCUT2D eigenvalue weighted by Gasteiger charge is -2.38. The van der Waals surface area contributed by atoms with E-state index in [1.54, 1.807) is 6.08 Å². The first-order chi connectivity index (χ1) is 14.7. The van der Waals surface area contributed by atoms with E-state index in [2.05, 4.69) is 30.3 Å². The van der Waals surface area contributed by atoms with E-state index in [4.69, 9.17) is 10.5 Å². The SMILES string of the molecule is NCc1ccc2c(c1)C1(CCN(C(=O)/C=C/c3cccc4ccccc34)CC1)CO2. The van der Waals surface area contributed by atoms with Crippen LogP contribution >= 0.6 is 0 Å². The molecule has 4 heteroatoms. The zero-order valence-corrected chi connectivity index (χ0v) is 17.0. The summed E-state index contributed by atoms with van der Waals surface area (Å²) >= 11 is 0. The third-order valence-corrected chi connectivity index (χ3v) is 6.62. The molecule has 5 rings (SSSR count). The highest BCUT2D eigenvalue weighted by atomic mass is 16.5. The van der Waals surface area contributed by atoms with Gasteiger partial charge in [-0.2, -0.15) is 0 Å². The highest BCUT2D eigenvalue weighted by Gasteiger charge is 2.43. The molecule has 0 bridgehead atoms. The molecular weight excluding hydrogens is 372 g/mol. The zero-order valence-electron chi connectivity index (χ0n) is 17.0. The Hall–Kier alpha value is -3.11. The molecule has 2 aliphatic heterocycles. The lowest BCUT2D eigenvalue weighted by molar-refractivity contribution is -0.127. The van der Waals surface area contributed by atoms with Crippen molar-refractivity contribution in [3.63, 3.8) is 0 Å². The standard InChI is InChI=1S/C26H26N2O2/c27-17-19-8-10-24-23(16-19)26(18-30-24)12-14-28(15-13-26)25(29)11-9-21-6-3-5-20-4-1-2-7-22(20)21/h1-11,16H,12-15,17-18,27H2/b11-9+. The molecule has 0 atom stereocenters. The molecule has 0 aliphatic carbocycles. The van der Waals surface area contributed by atoms with Crippen molar-refractivity contribution in [2.75, 3.05) is 19.7 Å². The van der Waals surface area contributed by atoms with Crippen molar-refractivity contribution in [1.82, 2.24) is 4.90 Å². The molecule has 0 radical (unpaired) electrons. The van der Waals surface area contributed by atoms with Crippen LogP contribution in [0, 0.1) is 0 Å². The van der Waals surface area contributed by atoms with Gasteiger partial charge in [-0.15, -0.1) is 0 Å². The number of benzene rings is 3. The normalized spacial score (nSPS) is 17.4. The lowest BCUT2D eigenvalue weighted by atomic mass is 9.74. The van der Waals surface area contributed by atoms with Crippen LogP contribution in [0.3, 0.4) is 0 Å². The van der Waals surface area contributed by atoms with Crippen LogP contribution < -0.4 is 10.5 Å². The van der Waals surface area contributed by atoms with Crippen LogP contribution in [0.5, 0.6) is 5.75 Å². The number of ether oxygens (including phenoxy) is 1. The van der Waals surface area contributed by atoms with Gasteiger partial charge in [-0.1, -0.05) is 54.6 Å². The number of piperidine rings is 1. The van der Waals surface area contributed by atoms with Gasteiger partial charge in [-0.25, -0.2) is 0 Å². The molecule has 0 saturated carbocycles. The van der Waals surface area contributed by atoms with Crippen LogP contribution in [0.15, 0.2) is 66.7 Å². The molecule has 2 N–H and O–H groups in total. The maximum Gasteiger partial charge on any atom is 0.246 e. The van der Waals surface area contributed by atoms with Crippen LogP contribution in [0.2, 0.25) is 0 Å². The summed E-state index contributed by atoms with van der Waals surface area (Å²) in [6.07, 6.45) is 5.49. The number of fused-ring (bicyclic) bond motifs is 3. The van der Waals surface area contributed by atoms with Crippen LogP contribution in [0.4, 0.5) is 0 Å². The monoisotopic (exact) mass is 398 g/mol. The Morgan fingerprint density at radius 1 is 1.07 bits per heavy atom. The van der Waals surface area contributed by atoms with E-state index in [-0.39, 0.29) is 11.3 Å². The Morgan fingerprint density at radius 2 is 1.87 bits per heavy atom. The van der Waals surface area contributed by atoms with Crippen LogP contribution in [-0.2, 0) is 16.8 Å². The van der Waals surface area contributed by atoms with Gasteiger partial charge in [0.2, 0.25) is 5.91 Å². The minimum Gasteiger partial charge on any atom is -0.492 e. The molecule has 30 heavy (non-hydrogen) atoms. The molecule has 3 aromatic rings. The fourth-order valence-corrected chi connectivity index (χ4v) is 4.77. The van der Waals surface area contributed by atoms with E-state index in [9.17, 15) is 4.79 Å². The molecular formula is C26H26N2O2. The highest BCUT2D eigenvalue weighted by molar-refractivity contribution is 5.96. The largest absolute Gasteiger partial charge is 0.492 e. The predicted molar refractivity (Wildman–Crippen MR) is 120 cm³/mol. The topological polar surface area (TPSA) is 55.6 Å². The van der Waals surface area contributed by atoms with Gasteiger partial charge in [-0.05, 0) is 46.9 Å². The Bertz CT molecular complexity index is 1120. The minimum absolute atomic E-state index is 0.0106. The van der Waals surface area contributed by atoms with E-state index in [1.807, 2.05) is 41.3 Å². The summed E-state index contributed by atoms with van der Waals surface area (Å²) in [6.45, 7) is 2.72. The summed E-state index contributed by atoms with van der Waals surface area (Å²) in [5, 5.41) is 2.35. The van der Waals surface area contributed by atoms with E-state index in [0.29, 0.717) is 13.2 Å². The maximum absolute atomic E-state index is 12.8. The fraction of sp³-hybridized carbons (Fsp3) is 0.269. The number of amides is 1. The maximum atomic E-state index is 12.8. The molecule has 1 saturated heterocycles. The summed E-state index contributed by atoms with van der Waals surface area (Å²) in [5.41, 5.74) is 9.32. The zero-order chi connectivity index (χ0) is 20.6. The van der Waals surface area contributed by atoms with Gasteiger partial charge in [-0.3, -0.25) is 4.79 Å². The van der Waals surface area contributed by atoms with Gasteiger partial charge in [0.15, 0.2) is 0 Å². The Labute approximate surface area is 176 Å². The summed E-state index contributed by atoms with van der Waals surface area (Å²) < 4.78 is 5.97. The van der Waals surface area contributed by atoms with Crippen molar-refractivity contribution in [3.8, 4) is 5.75 Å². The minimum atomic E-state index is 0.0106. The first-order valence-corrected chi connectivity index (χ1v) is 10.6. The van der Waals surface area contributed by atoms with Crippen molar-refractivity contribution in [1.29, 1.82) is 0 Å². The highest BCUT2D eigenvalue weighted by Crippen LogP contribution is 2.45. The number of carbonyl (C=O) groups excluding carboxylic acids is 1. The third kappa shape index (κ3) is 3.27. The molecule has 0 aromatic heterocycles. The van der Waals surface area contributed by atoms with Gasteiger partial charge in [0.05, 0.1) is 6.61 Å². The summed E-state index contributed by atoms with van der Waals surface area (Å²) in [4.78, 5) is 14.8. The van der Waals surface area contributed by atoms with E-state index < -0.39 is 0 Å². The number of carbonyl (C=O) groups is 1. The smallest absolute Gasteiger partial charge is 0.246 e. The second kappa shape index (κ2) is 7.62. The van der Waals surface area contributed by atoms with Gasteiger partial charge < -0.3 is 15.4 Å². The van der Waals surface area contributed by atoms with Crippen molar-refractivity contribution < 1.29 is 9.53 Å². The van der Waals surface area contributed by atoms with E-state index in [1.165, 1.54) is 10.9 Å². The number of nitrogens with two attached hydrogens (primary N) is 1. The van der Waals surface area contributed by atoms with E-state index in [0.717, 1.165) is 48.2 Å². The molecule has 1 amide bonds. The number of hydrogen-bond acceptors (Lipinski definition) is 3. The first-order valence-electron chi connectivity index (χ1n) is 10.6. The first kappa shape index (κ1) is 18.9. The van der Waals surface area contributed by atoms with Crippen molar-refractivity contribution >= 4 is 22.8 Å². The van der Waals surface area contributed by atoms with Gasteiger partial charge in [0.1, 0.15) is 5.75 Å². The molecule has 1 spiro atoms. The molecule has 2 heterocycles. The summed E-state index contributed by atoms with van der Waals surface area (Å²) in [7, 11) is 0. The van der Waals surface area contributed by atoms with Crippen LogP contribution in [-0.4, -0.2) is 30.5 Å². The van der Waals surface area contributed by atoms with Crippen molar-refractivity contribution in [2.45, 2.75) is 24.8 Å². The van der Waals surface area contributed by atoms with E-state index >= 15 is 0 Å². The fourth-order valence-electron chi connectivity index (χ4n) is 4.77. The second-order valence-corrected chi connectivity index (χ2v) is 8.33. The molecule has 1 fully saturated rings. The lowest BCUT2D eigenvalue weighted by Crippen LogP contribution is -2.45. The number of hydrogen-bond donors (Lipinski definition) is 1. The van der Waals surface area contributed by atoms with Crippen molar-refractivity contribution in [3.05, 3.63) is 83.4 Å². The number of rotatable bonds is 3. The quantitative estimate of drug-likeness (QED) is 0.671. The molecule has 3 aromatic carbocycles. The van der Waals surface area contributed by atoms with Gasteiger partial charge in [0, 0.05) is 36.7 Å². The molecule has 4 nitrogen and oxygen atoms in total. The summed E-state index contributed by atoms with van der Waals surface area (Å²) in [6, 6.07) is 20.7. The molecule has 152 valence electrons. The number of likely N-dealkylation sites (tertiary alicyclic amines) is 1. The average molecular weight is 399 g/mol. The summed E-state index contributed by atoms with van der Waals surface area (Å²) in [5.74, 6) is 1.05. The van der Waals surface area contributed by atoms with Crippen LogP contribution in [0.1, 0.15) is 29.5 Å². The van der Waals surface area contributed by atoms with Crippen LogP contribution in [0.25, 0.3) is 16.8 Å².